The van der Waals surface area contributed by atoms with Crippen molar-refractivity contribution in [3.05, 3.63) is 48.3 Å². The number of methoxy groups -OCH3 is 2. The van der Waals surface area contributed by atoms with Crippen molar-refractivity contribution in [1.82, 2.24) is 10.4 Å². The van der Waals surface area contributed by atoms with Gasteiger partial charge in [0.1, 0.15) is 18.0 Å². The predicted molar refractivity (Wildman–Crippen MR) is 102 cm³/mol. The van der Waals surface area contributed by atoms with Gasteiger partial charge in [0.05, 0.1) is 38.1 Å². The fraction of sp³-hybridized carbons (Fsp3) is 0.235. The maximum atomic E-state index is 12.2. The van der Waals surface area contributed by atoms with Crippen molar-refractivity contribution in [1.29, 1.82) is 0 Å². The average Bonchev–Trinajstić information content (AvgIpc) is 2.65. The SMILES string of the molecule is COc1ccc(OC)c(N(CC(=O)N/N=C\c2ccccn2)S(C)(=O)=O)c1. The van der Waals surface area contributed by atoms with Gasteiger partial charge in [-0.25, -0.2) is 13.8 Å². The Morgan fingerprint density at radius 3 is 2.63 bits per heavy atom. The largest absolute Gasteiger partial charge is 0.497 e. The predicted octanol–water partition coefficient (Wildman–Crippen LogP) is 1.02. The highest BCUT2D eigenvalue weighted by Crippen LogP contribution is 2.33. The van der Waals surface area contributed by atoms with Crippen molar-refractivity contribution in [2.45, 2.75) is 0 Å². The topological polar surface area (TPSA) is 110 Å². The number of hydrogen-bond donors (Lipinski definition) is 1. The van der Waals surface area contributed by atoms with Gasteiger partial charge in [-0.15, -0.1) is 0 Å². The molecule has 2 aromatic rings. The molecule has 144 valence electrons. The highest BCUT2D eigenvalue weighted by Gasteiger charge is 2.24. The molecule has 0 unspecified atom stereocenters. The molecule has 0 saturated heterocycles. The number of hydrogen-bond acceptors (Lipinski definition) is 7. The summed E-state index contributed by atoms with van der Waals surface area (Å²) in [4.78, 5) is 16.2. The third-order valence-corrected chi connectivity index (χ3v) is 4.54. The lowest BCUT2D eigenvalue weighted by Crippen LogP contribution is -2.39. The summed E-state index contributed by atoms with van der Waals surface area (Å²) in [5, 5.41) is 3.78. The molecule has 0 aliphatic rings. The number of carbonyl (C=O) groups is 1. The monoisotopic (exact) mass is 392 g/mol. The fourth-order valence-corrected chi connectivity index (χ4v) is 3.01. The third-order valence-electron chi connectivity index (χ3n) is 3.42. The fourth-order valence-electron chi connectivity index (χ4n) is 2.16. The zero-order valence-corrected chi connectivity index (χ0v) is 15.9. The molecule has 0 aliphatic carbocycles. The minimum Gasteiger partial charge on any atom is -0.497 e. The second-order valence-electron chi connectivity index (χ2n) is 5.36. The van der Waals surface area contributed by atoms with E-state index in [9.17, 15) is 13.2 Å². The van der Waals surface area contributed by atoms with E-state index in [0.29, 0.717) is 11.4 Å². The summed E-state index contributed by atoms with van der Waals surface area (Å²) in [5.41, 5.74) is 3.01. The molecule has 2 rings (SSSR count). The summed E-state index contributed by atoms with van der Waals surface area (Å²) in [6.45, 7) is -0.484. The van der Waals surface area contributed by atoms with Crippen LogP contribution in [0.3, 0.4) is 0 Å². The van der Waals surface area contributed by atoms with Gasteiger partial charge >= 0.3 is 0 Å². The van der Waals surface area contributed by atoms with Crippen molar-refractivity contribution in [3.8, 4) is 11.5 Å². The van der Waals surface area contributed by atoms with Crippen LogP contribution in [0, 0.1) is 0 Å². The van der Waals surface area contributed by atoms with Crippen LogP contribution in [-0.4, -0.2) is 52.5 Å². The zero-order chi connectivity index (χ0) is 19.9. The number of amides is 1. The van der Waals surface area contributed by atoms with E-state index in [4.69, 9.17) is 9.47 Å². The van der Waals surface area contributed by atoms with Gasteiger partial charge in [0.15, 0.2) is 0 Å². The Bertz CT molecular complexity index is 916. The lowest BCUT2D eigenvalue weighted by molar-refractivity contribution is -0.119. The Labute approximate surface area is 157 Å². The quantitative estimate of drug-likeness (QED) is 0.530. The van der Waals surface area contributed by atoms with E-state index in [1.807, 2.05) is 0 Å². The van der Waals surface area contributed by atoms with Crippen molar-refractivity contribution in [2.24, 2.45) is 5.10 Å². The first kappa shape index (κ1) is 20.2. The molecule has 9 nitrogen and oxygen atoms in total. The highest BCUT2D eigenvalue weighted by atomic mass is 32.2. The number of rotatable bonds is 8. The molecule has 0 bridgehead atoms. The molecule has 1 N–H and O–H groups in total. The first-order valence-corrected chi connectivity index (χ1v) is 9.62. The number of aromatic nitrogens is 1. The minimum atomic E-state index is -3.78. The van der Waals surface area contributed by atoms with Gasteiger partial charge < -0.3 is 9.47 Å². The standard InChI is InChI=1S/C17H20N4O5S/c1-25-14-7-8-16(26-2)15(10-14)21(27(3,23)24)12-17(22)20-19-11-13-6-4-5-9-18-13/h4-11H,12H2,1-3H3,(H,20,22)/b19-11-. The number of pyridine rings is 1. The van der Waals surface area contributed by atoms with Crippen LogP contribution in [0.25, 0.3) is 0 Å². The van der Waals surface area contributed by atoms with Gasteiger partial charge in [-0.3, -0.25) is 14.1 Å². The van der Waals surface area contributed by atoms with Crippen LogP contribution >= 0.6 is 0 Å². The smallest absolute Gasteiger partial charge is 0.260 e. The summed E-state index contributed by atoms with van der Waals surface area (Å²) in [5.74, 6) is 0.0801. The molecule has 0 saturated carbocycles. The van der Waals surface area contributed by atoms with Crippen molar-refractivity contribution >= 4 is 27.8 Å². The molecule has 10 heteroatoms. The number of sulfonamides is 1. The first-order valence-electron chi connectivity index (χ1n) is 7.78. The van der Waals surface area contributed by atoms with Gasteiger partial charge in [0.2, 0.25) is 10.0 Å². The van der Waals surface area contributed by atoms with Crippen molar-refractivity contribution in [3.63, 3.8) is 0 Å². The molecule has 27 heavy (non-hydrogen) atoms. The molecular weight excluding hydrogens is 372 g/mol. The Balaban J connectivity index is 2.20. The molecule has 1 aromatic carbocycles. The maximum Gasteiger partial charge on any atom is 0.260 e. The van der Waals surface area contributed by atoms with E-state index in [0.717, 1.165) is 10.6 Å². The molecule has 0 aliphatic heterocycles. The number of hydrazone groups is 1. The average molecular weight is 392 g/mol. The molecule has 1 heterocycles. The van der Waals surface area contributed by atoms with Crippen LogP contribution in [0.5, 0.6) is 11.5 Å². The van der Waals surface area contributed by atoms with E-state index < -0.39 is 22.5 Å². The van der Waals surface area contributed by atoms with Crippen LogP contribution in [0.2, 0.25) is 0 Å². The van der Waals surface area contributed by atoms with Gasteiger partial charge in [-0.1, -0.05) is 6.07 Å². The van der Waals surface area contributed by atoms with Crippen LogP contribution in [0.4, 0.5) is 5.69 Å². The van der Waals surface area contributed by atoms with E-state index in [1.165, 1.54) is 26.5 Å². The minimum absolute atomic E-state index is 0.184. The van der Waals surface area contributed by atoms with Crippen molar-refractivity contribution in [2.75, 3.05) is 31.3 Å². The van der Waals surface area contributed by atoms with E-state index >= 15 is 0 Å². The summed E-state index contributed by atoms with van der Waals surface area (Å²) < 4.78 is 35.7. The van der Waals surface area contributed by atoms with Crippen LogP contribution < -0.4 is 19.2 Å². The number of carbonyl (C=O) groups excluding carboxylic acids is 1. The summed E-state index contributed by atoms with van der Waals surface area (Å²) in [6.07, 6.45) is 3.94. The molecule has 0 spiro atoms. The van der Waals surface area contributed by atoms with E-state index in [2.05, 4.69) is 15.5 Å². The Morgan fingerprint density at radius 2 is 2.04 bits per heavy atom. The zero-order valence-electron chi connectivity index (χ0n) is 15.1. The van der Waals surface area contributed by atoms with Crippen LogP contribution in [0.15, 0.2) is 47.7 Å². The second-order valence-corrected chi connectivity index (χ2v) is 7.26. The number of ether oxygens (including phenoxy) is 2. The summed E-state index contributed by atoms with van der Waals surface area (Å²) in [6, 6.07) is 9.89. The summed E-state index contributed by atoms with van der Waals surface area (Å²) >= 11 is 0. The first-order chi connectivity index (χ1) is 12.8. The number of nitrogens with one attached hydrogen (secondary N) is 1. The molecule has 1 amide bonds. The lowest BCUT2D eigenvalue weighted by Gasteiger charge is -2.23. The normalized spacial score (nSPS) is 11.2. The molecule has 1 aromatic heterocycles. The molecule has 0 fully saturated rings. The van der Waals surface area contributed by atoms with Crippen LogP contribution in [-0.2, 0) is 14.8 Å². The van der Waals surface area contributed by atoms with Gasteiger partial charge in [0.25, 0.3) is 5.91 Å². The molecule has 0 radical (unpaired) electrons. The van der Waals surface area contributed by atoms with Gasteiger partial charge in [-0.05, 0) is 24.3 Å². The Kier molecular flexibility index (Phi) is 6.72. The number of benzene rings is 1. The lowest BCUT2D eigenvalue weighted by atomic mass is 10.2. The van der Waals surface area contributed by atoms with Gasteiger partial charge in [0, 0.05) is 12.3 Å². The maximum absolute atomic E-state index is 12.2. The Hall–Kier alpha value is -3.14. The van der Waals surface area contributed by atoms with E-state index in [1.54, 1.807) is 36.5 Å². The molecule has 0 atom stereocenters. The second kappa shape index (κ2) is 8.99. The third kappa shape index (κ3) is 5.68. The van der Waals surface area contributed by atoms with Crippen LogP contribution in [0.1, 0.15) is 5.69 Å². The van der Waals surface area contributed by atoms with E-state index in [-0.39, 0.29) is 11.4 Å². The highest BCUT2D eigenvalue weighted by molar-refractivity contribution is 7.92. The summed E-state index contributed by atoms with van der Waals surface area (Å²) in [7, 11) is -0.916. The van der Waals surface area contributed by atoms with Crippen molar-refractivity contribution < 1.29 is 22.7 Å². The number of anilines is 1. The Morgan fingerprint density at radius 1 is 1.26 bits per heavy atom. The molecular formula is C17H20N4O5S. The number of nitrogens with zero attached hydrogens (tertiary/aromatic N) is 3. The van der Waals surface area contributed by atoms with Gasteiger partial charge in [-0.2, -0.15) is 5.10 Å².